The minimum atomic E-state index is -0.315. The second kappa shape index (κ2) is 6.21. The molecule has 0 aliphatic heterocycles. The van der Waals surface area contributed by atoms with E-state index in [9.17, 15) is 4.79 Å². The lowest BCUT2D eigenvalue weighted by Crippen LogP contribution is -2.43. The number of thiocarbonyl (C=S) groups is 1. The molecular weight excluding hydrogens is 282 g/mol. The van der Waals surface area contributed by atoms with E-state index < -0.39 is 0 Å². The van der Waals surface area contributed by atoms with Crippen LogP contribution in [0.25, 0.3) is 0 Å². The second-order valence-corrected chi connectivity index (χ2v) is 4.75. The van der Waals surface area contributed by atoms with E-state index in [1.54, 1.807) is 6.92 Å². The molecule has 6 nitrogen and oxygen atoms in total. The lowest BCUT2D eigenvalue weighted by molar-refractivity contribution is 0.0947. The molecule has 0 aliphatic rings. The fourth-order valence-electron chi connectivity index (χ4n) is 1.29. The molecule has 1 aromatic heterocycles. The average molecular weight is 293 g/mol. The van der Waals surface area contributed by atoms with Gasteiger partial charge in [-0.05, 0) is 42.8 Å². The smallest absolute Gasteiger partial charge is 0.283 e. The van der Waals surface area contributed by atoms with Crippen LogP contribution in [-0.2, 0) is 0 Å². The van der Waals surface area contributed by atoms with Crippen molar-refractivity contribution in [2.24, 2.45) is 0 Å². The Morgan fingerprint density at radius 1 is 1.26 bits per heavy atom. The number of aromatic nitrogens is 2. The van der Waals surface area contributed by atoms with Crippen LogP contribution in [0.2, 0.25) is 0 Å². The molecule has 0 aliphatic carbocycles. The van der Waals surface area contributed by atoms with Crippen LogP contribution >= 0.6 is 23.8 Å². The van der Waals surface area contributed by atoms with Gasteiger partial charge in [-0.2, -0.15) is 0 Å². The fraction of sp³-hybridized carbons (Fsp3) is 0.0909. The van der Waals surface area contributed by atoms with E-state index in [2.05, 4.69) is 25.8 Å². The van der Waals surface area contributed by atoms with E-state index in [1.165, 1.54) is 0 Å². The third kappa shape index (κ3) is 3.70. The van der Waals surface area contributed by atoms with Crippen molar-refractivity contribution in [3.63, 3.8) is 0 Å². The lowest BCUT2D eigenvalue weighted by atomic mass is 10.3. The quantitative estimate of drug-likeness (QED) is 0.575. The maximum atomic E-state index is 11.8. The monoisotopic (exact) mass is 293 g/mol. The summed E-state index contributed by atoms with van der Waals surface area (Å²) in [5.41, 5.74) is 6.53. The molecule has 0 fully saturated rings. The van der Waals surface area contributed by atoms with Gasteiger partial charge in [-0.1, -0.05) is 22.7 Å². The van der Waals surface area contributed by atoms with Gasteiger partial charge in [0.1, 0.15) is 4.88 Å². The van der Waals surface area contributed by atoms with Crippen LogP contribution in [0.4, 0.5) is 5.69 Å². The van der Waals surface area contributed by atoms with Gasteiger partial charge >= 0.3 is 0 Å². The molecule has 3 N–H and O–H groups in total. The Balaban J connectivity index is 1.84. The molecule has 19 heavy (non-hydrogen) atoms. The molecule has 1 amide bonds. The van der Waals surface area contributed by atoms with Crippen molar-refractivity contribution in [3.05, 3.63) is 40.9 Å². The van der Waals surface area contributed by atoms with Crippen LogP contribution in [0.3, 0.4) is 0 Å². The van der Waals surface area contributed by atoms with E-state index in [-0.39, 0.29) is 5.91 Å². The largest absolute Gasteiger partial charge is 0.331 e. The molecule has 2 rings (SSSR count). The van der Waals surface area contributed by atoms with Gasteiger partial charge < -0.3 is 5.32 Å². The van der Waals surface area contributed by atoms with Gasteiger partial charge in [-0.15, -0.1) is 5.10 Å². The van der Waals surface area contributed by atoms with Crippen molar-refractivity contribution < 1.29 is 4.79 Å². The van der Waals surface area contributed by atoms with E-state index in [0.717, 1.165) is 17.2 Å². The number of hydrogen-bond acceptors (Lipinski definition) is 5. The maximum Gasteiger partial charge on any atom is 0.283 e. The molecule has 1 heterocycles. The van der Waals surface area contributed by atoms with Crippen molar-refractivity contribution in [1.82, 2.24) is 20.4 Å². The number of nitrogens with zero attached hydrogens (tertiary/aromatic N) is 2. The number of amides is 1. The lowest BCUT2D eigenvalue weighted by Gasteiger charge is -2.10. The summed E-state index contributed by atoms with van der Waals surface area (Å²) in [5, 5.41) is 7.00. The molecule has 0 saturated carbocycles. The van der Waals surface area contributed by atoms with E-state index in [0.29, 0.717) is 15.7 Å². The Hall–Kier alpha value is -2.06. The van der Waals surface area contributed by atoms with Crippen molar-refractivity contribution in [3.8, 4) is 0 Å². The summed E-state index contributed by atoms with van der Waals surface area (Å²) in [4.78, 5) is 12.2. The van der Waals surface area contributed by atoms with E-state index in [1.807, 2.05) is 30.3 Å². The van der Waals surface area contributed by atoms with E-state index >= 15 is 0 Å². The van der Waals surface area contributed by atoms with Gasteiger partial charge in [-0.3, -0.25) is 15.6 Å². The van der Waals surface area contributed by atoms with Crippen LogP contribution in [-0.4, -0.2) is 20.6 Å². The Kier molecular flexibility index (Phi) is 4.37. The normalized spacial score (nSPS) is 9.74. The molecule has 0 bridgehead atoms. The Morgan fingerprint density at radius 3 is 2.63 bits per heavy atom. The van der Waals surface area contributed by atoms with Gasteiger partial charge in [-0.25, -0.2) is 0 Å². The molecular formula is C11H11N5OS2. The number of aryl methyl sites for hydroxylation is 1. The summed E-state index contributed by atoms with van der Waals surface area (Å²) in [7, 11) is 0. The third-order valence-corrected chi connectivity index (χ3v) is 3.21. The number of carbonyl (C=O) groups excluding carboxylic acids is 1. The molecule has 0 spiro atoms. The summed E-state index contributed by atoms with van der Waals surface area (Å²) >= 11 is 6.09. The topological polar surface area (TPSA) is 78.9 Å². The molecule has 0 saturated heterocycles. The van der Waals surface area contributed by atoms with Gasteiger partial charge in [0, 0.05) is 5.69 Å². The summed E-state index contributed by atoms with van der Waals surface area (Å²) in [6, 6.07) is 9.41. The molecule has 0 radical (unpaired) electrons. The highest BCUT2D eigenvalue weighted by molar-refractivity contribution is 7.80. The Morgan fingerprint density at radius 2 is 2.00 bits per heavy atom. The Labute approximate surface area is 119 Å². The predicted molar refractivity (Wildman–Crippen MR) is 77.9 cm³/mol. The molecule has 8 heteroatoms. The van der Waals surface area contributed by atoms with Gasteiger partial charge in [0.15, 0.2) is 5.11 Å². The number of hydrazine groups is 1. The SMILES string of the molecule is Cc1nnsc1C(=O)NNC(=S)Nc1ccccc1. The zero-order chi connectivity index (χ0) is 13.7. The third-order valence-electron chi connectivity index (χ3n) is 2.18. The van der Waals surface area contributed by atoms with Crippen molar-refractivity contribution in [2.75, 3.05) is 5.32 Å². The highest BCUT2D eigenvalue weighted by atomic mass is 32.1. The van der Waals surface area contributed by atoms with Crippen molar-refractivity contribution >= 4 is 40.5 Å². The minimum absolute atomic E-state index is 0.301. The maximum absolute atomic E-state index is 11.8. The highest BCUT2D eigenvalue weighted by Crippen LogP contribution is 2.08. The summed E-state index contributed by atoms with van der Waals surface area (Å²) in [6.45, 7) is 1.72. The predicted octanol–water partition coefficient (Wildman–Crippen LogP) is 1.48. The van der Waals surface area contributed by atoms with Crippen LogP contribution in [0.15, 0.2) is 30.3 Å². The van der Waals surface area contributed by atoms with Crippen molar-refractivity contribution in [1.29, 1.82) is 0 Å². The van der Waals surface area contributed by atoms with Gasteiger partial charge in [0.2, 0.25) is 0 Å². The van der Waals surface area contributed by atoms with Crippen LogP contribution in [0.1, 0.15) is 15.4 Å². The van der Waals surface area contributed by atoms with Gasteiger partial charge in [0.25, 0.3) is 5.91 Å². The standard InChI is InChI=1S/C11H11N5OS2/c1-7-9(19-16-13-7)10(17)14-15-11(18)12-8-5-3-2-4-6-8/h2-6H,1H3,(H,14,17)(H2,12,15,18). The average Bonchev–Trinajstić information content (AvgIpc) is 2.83. The first-order valence-corrected chi connectivity index (χ1v) is 6.56. The summed E-state index contributed by atoms with van der Waals surface area (Å²) < 4.78 is 3.69. The molecule has 2 aromatic rings. The van der Waals surface area contributed by atoms with Crippen LogP contribution < -0.4 is 16.2 Å². The highest BCUT2D eigenvalue weighted by Gasteiger charge is 2.12. The number of anilines is 1. The van der Waals surface area contributed by atoms with Crippen LogP contribution in [0, 0.1) is 6.92 Å². The first-order chi connectivity index (χ1) is 9.16. The second-order valence-electron chi connectivity index (χ2n) is 3.59. The number of carbonyl (C=O) groups is 1. The van der Waals surface area contributed by atoms with Crippen LogP contribution in [0.5, 0.6) is 0 Å². The number of nitrogens with one attached hydrogen (secondary N) is 3. The first kappa shape index (κ1) is 13.4. The number of benzene rings is 1. The minimum Gasteiger partial charge on any atom is -0.331 e. The molecule has 0 atom stereocenters. The Bertz CT molecular complexity index is 584. The number of para-hydroxylation sites is 1. The fourth-order valence-corrected chi connectivity index (χ4v) is 2.01. The molecule has 98 valence electrons. The number of hydrogen-bond donors (Lipinski definition) is 3. The zero-order valence-electron chi connectivity index (χ0n) is 10.0. The van der Waals surface area contributed by atoms with E-state index in [4.69, 9.17) is 12.2 Å². The first-order valence-electron chi connectivity index (χ1n) is 5.38. The zero-order valence-corrected chi connectivity index (χ0v) is 11.6. The summed E-state index contributed by atoms with van der Waals surface area (Å²) in [5.74, 6) is -0.315. The summed E-state index contributed by atoms with van der Waals surface area (Å²) in [6.07, 6.45) is 0. The number of rotatable bonds is 2. The molecule has 0 unspecified atom stereocenters. The molecule has 1 aromatic carbocycles. The van der Waals surface area contributed by atoms with Crippen molar-refractivity contribution in [2.45, 2.75) is 6.92 Å². The van der Waals surface area contributed by atoms with Gasteiger partial charge in [0.05, 0.1) is 5.69 Å².